The van der Waals surface area contributed by atoms with Gasteiger partial charge >= 0.3 is 0 Å². The van der Waals surface area contributed by atoms with Gasteiger partial charge in [0.2, 0.25) is 5.91 Å². The number of benzene rings is 2. The van der Waals surface area contributed by atoms with Crippen LogP contribution in [0.15, 0.2) is 63.4 Å². The smallest absolute Gasteiger partial charge is 0.239 e. The van der Waals surface area contributed by atoms with E-state index in [0.717, 1.165) is 25.8 Å². The molecule has 0 saturated carbocycles. The van der Waals surface area contributed by atoms with E-state index < -0.39 is 0 Å². The highest BCUT2D eigenvalue weighted by Gasteiger charge is 2.18. The molecular weight excluding hydrogens is 427 g/mol. The topological polar surface area (TPSA) is 67.2 Å². The monoisotopic (exact) mass is 442 g/mol. The van der Waals surface area contributed by atoms with Crippen molar-refractivity contribution >= 4 is 67.6 Å². The van der Waals surface area contributed by atoms with Crippen LogP contribution in [0.1, 0.15) is 12.5 Å². The SMILES string of the molecule is CC(Sc1nc2ccc(N=Cc3ccc(F)cc3)cc2s1)C(=O)Nc1nccs1. The molecule has 29 heavy (non-hydrogen) atoms. The molecule has 0 fully saturated rings. The van der Waals surface area contributed by atoms with E-state index in [0.29, 0.717) is 5.13 Å². The van der Waals surface area contributed by atoms with Gasteiger partial charge in [-0.2, -0.15) is 0 Å². The lowest BCUT2D eigenvalue weighted by molar-refractivity contribution is -0.115. The Morgan fingerprint density at radius 3 is 2.86 bits per heavy atom. The zero-order valence-corrected chi connectivity index (χ0v) is 17.7. The number of thiazole rings is 2. The van der Waals surface area contributed by atoms with E-state index in [9.17, 15) is 9.18 Å². The summed E-state index contributed by atoms with van der Waals surface area (Å²) in [4.78, 5) is 25.4. The molecule has 2 aromatic carbocycles. The van der Waals surface area contributed by atoms with E-state index in [2.05, 4.69) is 20.3 Å². The Balaban J connectivity index is 1.45. The van der Waals surface area contributed by atoms with E-state index >= 15 is 0 Å². The predicted molar refractivity (Wildman–Crippen MR) is 119 cm³/mol. The van der Waals surface area contributed by atoms with Crippen molar-refractivity contribution in [3.63, 3.8) is 0 Å². The molecule has 4 aromatic rings. The summed E-state index contributed by atoms with van der Waals surface area (Å²) in [6, 6.07) is 11.9. The summed E-state index contributed by atoms with van der Waals surface area (Å²) in [6.07, 6.45) is 3.35. The van der Waals surface area contributed by atoms with Gasteiger partial charge < -0.3 is 5.32 Å². The molecule has 1 amide bonds. The summed E-state index contributed by atoms with van der Waals surface area (Å²) >= 11 is 4.33. The van der Waals surface area contributed by atoms with Crippen molar-refractivity contribution in [3.8, 4) is 0 Å². The largest absolute Gasteiger partial charge is 0.301 e. The lowest BCUT2D eigenvalue weighted by Gasteiger charge is -2.07. The van der Waals surface area contributed by atoms with Gasteiger partial charge in [0.1, 0.15) is 5.82 Å². The van der Waals surface area contributed by atoms with Crippen molar-refractivity contribution < 1.29 is 9.18 Å². The highest BCUT2D eigenvalue weighted by molar-refractivity contribution is 8.02. The fourth-order valence-electron chi connectivity index (χ4n) is 2.42. The molecule has 1 atom stereocenters. The molecule has 0 radical (unpaired) electrons. The Hall–Kier alpha value is -2.62. The van der Waals surface area contributed by atoms with Gasteiger partial charge in [-0.15, -0.1) is 22.7 Å². The molecule has 1 N–H and O–H groups in total. The Kier molecular flexibility index (Phi) is 5.98. The molecule has 0 aliphatic rings. The first-order valence-electron chi connectivity index (χ1n) is 8.64. The number of anilines is 1. The number of amides is 1. The number of nitrogens with one attached hydrogen (secondary N) is 1. The molecule has 0 spiro atoms. The minimum absolute atomic E-state index is 0.103. The standard InChI is InChI=1S/C20H15FN4OS3/c1-12(18(26)25-19-22-8-9-27-19)28-20-24-16-7-6-15(10-17(16)29-20)23-11-13-2-4-14(21)5-3-13/h2-12H,1H3,(H,22,25,26). The van der Waals surface area contributed by atoms with Gasteiger partial charge in [0.15, 0.2) is 9.47 Å². The zero-order chi connectivity index (χ0) is 20.2. The number of aromatic nitrogens is 2. The molecule has 0 saturated heterocycles. The number of thioether (sulfide) groups is 1. The number of halogens is 1. The maximum absolute atomic E-state index is 13.0. The summed E-state index contributed by atoms with van der Waals surface area (Å²) in [5.41, 5.74) is 2.48. The number of carbonyl (C=O) groups is 1. The second kappa shape index (κ2) is 8.81. The van der Waals surface area contributed by atoms with Gasteiger partial charge in [-0.05, 0) is 42.8 Å². The quantitative estimate of drug-likeness (QED) is 0.304. The lowest BCUT2D eigenvalue weighted by Crippen LogP contribution is -2.22. The number of aliphatic imine (C=N–C) groups is 1. The van der Waals surface area contributed by atoms with Gasteiger partial charge in [0.05, 0.1) is 21.2 Å². The third-order valence-electron chi connectivity index (χ3n) is 3.89. The summed E-state index contributed by atoms with van der Waals surface area (Å²) in [5.74, 6) is -0.374. The first-order valence-corrected chi connectivity index (χ1v) is 11.2. The average molecular weight is 443 g/mol. The predicted octanol–water partition coefficient (Wildman–Crippen LogP) is 5.76. The third kappa shape index (κ3) is 5.06. The molecule has 2 heterocycles. The van der Waals surface area contributed by atoms with Gasteiger partial charge in [-0.3, -0.25) is 9.79 Å². The minimum Gasteiger partial charge on any atom is -0.301 e. The molecule has 5 nitrogen and oxygen atoms in total. The Bertz CT molecular complexity index is 1160. The van der Waals surface area contributed by atoms with E-state index in [1.807, 2.05) is 30.5 Å². The van der Waals surface area contributed by atoms with Crippen LogP contribution >= 0.6 is 34.4 Å². The van der Waals surface area contributed by atoms with Crippen LogP contribution in [0.5, 0.6) is 0 Å². The van der Waals surface area contributed by atoms with Crippen LogP contribution in [0.25, 0.3) is 10.2 Å². The maximum atomic E-state index is 13.0. The van der Waals surface area contributed by atoms with Crippen LogP contribution in [0.3, 0.4) is 0 Å². The molecule has 2 aromatic heterocycles. The molecule has 0 bridgehead atoms. The van der Waals surface area contributed by atoms with E-state index in [4.69, 9.17) is 0 Å². The molecule has 146 valence electrons. The Labute approximate surface area is 178 Å². The van der Waals surface area contributed by atoms with E-state index in [1.165, 1.54) is 46.6 Å². The highest BCUT2D eigenvalue weighted by Crippen LogP contribution is 2.34. The van der Waals surface area contributed by atoms with Gasteiger partial charge in [-0.25, -0.2) is 14.4 Å². The van der Waals surface area contributed by atoms with Crippen LogP contribution in [0.4, 0.5) is 15.2 Å². The summed E-state index contributed by atoms with van der Waals surface area (Å²) in [7, 11) is 0. The number of rotatable bonds is 6. The first-order chi connectivity index (χ1) is 14.1. The number of carbonyl (C=O) groups excluding carboxylic acids is 1. The minimum atomic E-state index is -0.296. The Morgan fingerprint density at radius 1 is 1.28 bits per heavy atom. The maximum Gasteiger partial charge on any atom is 0.239 e. The van der Waals surface area contributed by atoms with Gasteiger partial charge in [0, 0.05) is 17.8 Å². The lowest BCUT2D eigenvalue weighted by atomic mass is 10.2. The molecule has 1 unspecified atom stereocenters. The van der Waals surface area contributed by atoms with Gasteiger partial charge in [-0.1, -0.05) is 23.9 Å². The van der Waals surface area contributed by atoms with Crippen LogP contribution < -0.4 is 5.32 Å². The average Bonchev–Trinajstić information content (AvgIpc) is 3.36. The molecule has 4 rings (SSSR count). The van der Waals surface area contributed by atoms with Gasteiger partial charge in [0.25, 0.3) is 0 Å². The van der Waals surface area contributed by atoms with Crippen molar-refractivity contribution in [2.75, 3.05) is 5.32 Å². The summed E-state index contributed by atoms with van der Waals surface area (Å²) in [6.45, 7) is 1.85. The van der Waals surface area contributed by atoms with Crippen LogP contribution in [-0.4, -0.2) is 27.3 Å². The fraction of sp³-hybridized carbons (Fsp3) is 0.100. The van der Waals surface area contributed by atoms with Crippen molar-refractivity contribution in [3.05, 3.63) is 65.4 Å². The Morgan fingerprint density at radius 2 is 2.10 bits per heavy atom. The van der Waals surface area contributed by atoms with Crippen molar-refractivity contribution in [1.82, 2.24) is 9.97 Å². The second-order valence-electron chi connectivity index (χ2n) is 6.03. The van der Waals surface area contributed by atoms with Crippen molar-refractivity contribution in [2.24, 2.45) is 4.99 Å². The van der Waals surface area contributed by atoms with Crippen LogP contribution in [-0.2, 0) is 4.79 Å². The molecular formula is C20H15FN4OS3. The van der Waals surface area contributed by atoms with E-state index in [1.54, 1.807) is 24.5 Å². The number of hydrogen-bond donors (Lipinski definition) is 1. The molecule has 9 heteroatoms. The second-order valence-corrected chi connectivity index (χ2v) is 9.54. The first kappa shape index (κ1) is 19.7. The third-order valence-corrected chi connectivity index (χ3v) is 6.79. The van der Waals surface area contributed by atoms with E-state index in [-0.39, 0.29) is 17.0 Å². The van der Waals surface area contributed by atoms with Crippen LogP contribution in [0.2, 0.25) is 0 Å². The molecule has 0 aliphatic heterocycles. The zero-order valence-electron chi connectivity index (χ0n) is 15.2. The molecule has 0 aliphatic carbocycles. The number of nitrogens with zero attached hydrogens (tertiary/aromatic N) is 3. The normalized spacial score (nSPS) is 12.5. The number of hydrogen-bond acceptors (Lipinski definition) is 7. The summed E-state index contributed by atoms with van der Waals surface area (Å²) in [5, 5.41) is 4.92. The highest BCUT2D eigenvalue weighted by atomic mass is 32.2. The van der Waals surface area contributed by atoms with Crippen LogP contribution in [0, 0.1) is 5.82 Å². The summed E-state index contributed by atoms with van der Waals surface area (Å²) < 4.78 is 14.8. The fourth-order valence-corrected chi connectivity index (χ4v) is 5.19. The van der Waals surface area contributed by atoms with Crippen molar-refractivity contribution in [2.45, 2.75) is 16.5 Å². The van der Waals surface area contributed by atoms with Crippen molar-refractivity contribution in [1.29, 1.82) is 0 Å². The number of fused-ring (bicyclic) bond motifs is 1.